The lowest BCUT2D eigenvalue weighted by Gasteiger charge is -2.33. The Morgan fingerprint density at radius 1 is 1.40 bits per heavy atom. The van der Waals surface area contributed by atoms with Gasteiger partial charge in [0.15, 0.2) is 0 Å². The predicted octanol–water partition coefficient (Wildman–Crippen LogP) is 2.73. The van der Waals surface area contributed by atoms with Crippen LogP contribution >= 0.6 is 0 Å². The fourth-order valence-corrected chi connectivity index (χ4v) is 2.78. The Bertz CT molecular complexity index is 430. The van der Waals surface area contributed by atoms with Gasteiger partial charge in [-0.3, -0.25) is 0 Å². The number of nitrogens with zero attached hydrogens (tertiary/aromatic N) is 3. The normalized spacial score (nSPS) is 19.6. The molecule has 2 rings (SSSR count). The van der Waals surface area contributed by atoms with Crippen LogP contribution in [0, 0.1) is 12.8 Å². The first kappa shape index (κ1) is 15.2. The van der Waals surface area contributed by atoms with Gasteiger partial charge >= 0.3 is 0 Å². The van der Waals surface area contributed by atoms with Gasteiger partial charge in [0.2, 0.25) is 5.95 Å². The zero-order valence-corrected chi connectivity index (χ0v) is 13.3. The summed E-state index contributed by atoms with van der Waals surface area (Å²) in [6.45, 7) is 12.9. The molecule has 1 fully saturated rings. The van der Waals surface area contributed by atoms with E-state index in [0.29, 0.717) is 5.92 Å². The number of aromatic nitrogens is 2. The van der Waals surface area contributed by atoms with Gasteiger partial charge in [0.25, 0.3) is 0 Å². The van der Waals surface area contributed by atoms with Gasteiger partial charge in [-0.1, -0.05) is 20.8 Å². The van der Waals surface area contributed by atoms with Crippen molar-refractivity contribution in [2.45, 2.75) is 46.5 Å². The van der Waals surface area contributed by atoms with E-state index in [9.17, 15) is 0 Å². The topological polar surface area (TPSA) is 41.0 Å². The maximum Gasteiger partial charge on any atom is 0.225 e. The molecule has 4 heteroatoms. The number of rotatable bonds is 5. The summed E-state index contributed by atoms with van der Waals surface area (Å²) in [4.78, 5) is 11.8. The lowest BCUT2D eigenvalue weighted by atomic mass is 9.98. The van der Waals surface area contributed by atoms with Crippen LogP contribution in [0.3, 0.4) is 0 Å². The molecule has 0 aromatic carbocycles. The summed E-state index contributed by atoms with van der Waals surface area (Å²) in [6, 6.07) is 2.11. The Hall–Kier alpha value is -1.16. The van der Waals surface area contributed by atoms with Gasteiger partial charge in [-0.15, -0.1) is 0 Å². The first-order chi connectivity index (χ1) is 9.60. The second-order valence-electron chi connectivity index (χ2n) is 6.15. The van der Waals surface area contributed by atoms with E-state index < -0.39 is 0 Å². The Kier molecular flexibility index (Phi) is 5.35. The van der Waals surface area contributed by atoms with Gasteiger partial charge in [0.1, 0.15) is 0 Å². The molecule has 20 heavy (non-hydrogen) atoms. The number of nitrogens with one attached hydrogen (secondary N) is 1. The molecule has 112 valence electrons. The molecule has 2 heterocycles. The Morgan fingerprint density at radius 2 is 2.20 bits per heavy atom. The average Bonchev–Trinajstić information content (AvgIpc) is 2.44. The van der Waals surface area contributed by atoms with Crippen LogP contribution in [0.15, 0.2) is 6.07 Å². The molecule has 4 nitrogen and oxygen atoms in total. The summed E-state index contributed by atoms with van der Waals surface area (Å²) in [5.41, 5.74) is 2.23. The zero-order valence-electron chi connectivity index (χ0n) is 13.3. The Labute approximate surface area is 123 Å². The average molecular weight is 276 g/mol. The highest BCUT2D eigenvalue weighted by Crippen LogP contribution is 2.22. The molecule has 1 atom stereocenters. The number of anilines is 1. The van der Waals surface area contributed by atoms with Crippen LogP contribution in [-0.2, 0) is 0 Å². The molecule has 0 spiro atoms. The van der Waals surface area contributed by atoms with E-state index in [1.807, 2.05) is 0 Å². The monoisotopic (exact) mass is 276 g/mol. The van der Waals surface area contributed by atoms with Gasteiger partial charge < -0.3 is 10.2 Å². The molecular weight excluding hydrogens is 248 g/mol. The second-order valence-corrected chi connectivity index (χ2v) is 6.15. The van der Waals surface area contributed by atoms with Crippen molar-refractivity contribution < 1.29 is 0 Å². The number of aryl methyl sites for hydroxylation is 1. The van der Waals surface area contributed by atoms with Gasteiger partial charge in [-0.05, 0) is 50.8 Å². The van der Waals surface area contributed by atoms with Crippen molar-refractivity contribution in [1.29, 1.82) is 0 Å². The maximum atomic E-state index is 4.77. The first-order valence-electron chi connectivity index (χ1n) is 7.91. The van der Waals surface area contributed by atoms with Crippen LogP contribution in [0.2, 0.25) is 0 Å². The van der Waals surface area contributed by atoms with E-state index in [1.165, 1.54) is 12.8 Å². The van der Waals surface area contributed by atoms with E-state index in [4.69, 9.17) is 4.98 Å². The lowest BCUT2D eigenvalue weighted by molar-refractivity contribution is 0.392. The molecule has 0 radical (unpaired) electrons. The van der Waals surface area contributed by atoms with E-state index in [1.54, 1.807) is 0 Å². The van der Waals surface area contributed by atoms with Gasteiger partial charge in [-0.2, -0.15) is 0 Å². The van der Waals surface area contributed by atoms with Gasteiger partial charge in [0.05, 0.1) is 0 Å². The summed E-state index contributed by atoms with van der Waals surface area (Å²) >= 11 is 0. The molecule has 0 aliphatic carbocycles. The highest BCUT2D eigenvalue weighted by molar-refractivity contribution is 5.33. The molecule has 1 aromatic heterocycles. The number of piperidine rings is 1. The minimum absolute atomic E-state index is 0.456. The smallest absolute Gasteiger partial charge is 0.225 e. The predicted molar refractivity (Wildman–Crippen MR) is 84.3 cm³/mol. The minimum atomic E-state index is 0.456. The standard InChI is InChI=1S/C16H28N4/c1-5-17-10-14-7-6-8-20(11-14)16-18-13(4)9-15(19-16)12(2)3/h9,12,14,17H,5-8,10-11H2,1-4H3. The van der Waals surface area contributed by atoms with Gasteiger partial charge in [-0.25, -0.2) is 9.97 Å². The first-order valence-corrected chi connectivity index (χ1v) is 7.91. The van der Waals surface area contributed by atoms with Gasteiger partial charge in [0, 0.05) is 24.5 Å². The van der Waals surface area contributed by atoms with Crippen LogP contribution in [0.1, 0.15) is 50.9 Å². The molecule has 0 saturated carbocycles. The van der Waals surface area contributed by atoms with Crippen LogP contribution in [0.5, 0.6) is 0 Å². The molecule has 0 bridgehead atoms. The molecule has 1 saturated heterocycles. The molecule has 1 aliphatic rings. The molecular formula is C16H28N4. The van der Waals surface area contributed by atoms with Crippen molar-refractivity contribution in [3.8, 4) is 0 Å². The lowest BCUT2D eigenvalue weighted by Crippen LogP contribution is -2.40. The highest BCUT2D eigenvalue weighted by Gasteiger charge is 2.22. The third kappa shape index (κ3) is 3.92. The molecule has 1 aromatic rings. The van der Waals surface area contributed by atoms with Crippen molar-refractivity contribution in [2.75, 3.05) is 31.1 Å². The van der Waals surface area contributed by atoms with E-state index in [0.717, 1.165) is 49.4 Å². The van der Waals surface area contributed by atoms with Crippen molar-refractivity contribution in [1.82, 2.24) is 15.3 Å². The minimum Gasteiger partial charge on any atom is -0.340 e. The maximum absolute atomic E-state index is 4.77. The Balaban J connectivity index is 2.10. The molecule has 1 N–H and O–H groups in total. The summed E-state index contributed by atoms with van der Waals surface area (Å²) in [5.74, 6) is 2.10. The quantitative estimate of drug-likeness (QED) is 0.898. The van der Waals surface area contributed by atoms with E-state index in [-0.39, 0.29) is 0 Å². The summed E-state index contributed by atoms with van der Waals surface area (Å²) in [6.07, 6.45) is 2.55. The second kappa shape index (κ2) is 7.02. The highest BCUT2D eigenvalue weighted by atomic mass is 15.3. The van der Waals surface area contributed by atoms with Crippen LogP contribution in [0.25, 0.3) is 0 Å². The summed E-state index contributed by atoms with van der Waals surface area (Å²) in [5, 5.41) is 3.46. The third-order valence-corrected chi connectivity index (χ3v) is 3.94. The van der Waals surface area contributed by atoms with Crippen molar-refractivity contribution >= 4 is 5.95 Å². The number of hydrogen-bond donors (Lipinski definition) is 1. The molecule has 0 amide bonds. The van der Waals surface area contributed by atoms with E-state index in [2.05, 4.69) is 49.0 Å². The van der Waals surface area contributed by atoms with Crippen LogP contribution in [-0.4, -0.2) is 36.1 Å². The van der Waals surface area contributed by atoms with Crippen molar-refractivity contribution in [3.63, 3.8) is 0 Å². The molecule has 1 aliphatic heterocycles. The van der Waals surface area contributed by atoms with Crippen molar-refractivity contribution in [2.24, 2.45) is 5.92 Å². The van der Waals surface area contributed by atoms with Crippen LogP contribution in [0.4, 0.5) is 5.95 Å². The number of hydrogen-bond acceptors (Lipinski definition) is 4. The third-order valence-electron chi connectivity index (χ3n) is 3.94. The Morgan fingerprint density at radius 3 is 2.90 bits per heavy atom. The fraction of sp³-hybridized carbons (Fsp3) is 0.750. The zero-order chi connectivity index (χ0) is 14.5. The molecule has 1 unspecified atom stereocenters. The summed E-state index contributed by atoms with van der Waals surface area (Å²) in [7, 11) is 0. The van der Waals surface area contributed by atoms with Crippen LogP contribution < -0.4 is 10.2 Å². The van der Waals surface area contributed by atoms with Crippen molar-refractivity contribution in [3.05, 3.63) is 17.5 Å². The largest absolute Gasteiger partial charge is 0.340 e. The SMILES string of the molecule is CCNCC1CCCN(c2nc(C)cc(C(C)C)n2)C1. The summed E-state index contributed by atoms with van der Waals surface area (Å²) < 4.78 is 0. The van der Waals surface area contributed by atoms with E-state index >= 15 is 0 Å². The fourth-order valence-electron chi connectivity index (χ4n) is 2.78.